The van der Waals surface area contributed by atoms with E-state index in [0.717, 1.165) is 33.6 Å². The van der Waals surface area contributed by atoms with Gasteiger partial charge in [0.1, 0.15) is 5.82 Å². The van der Waals surface area contributed by atoms with Crippen LogP contribution in [-0.4, -0.2) is 35.9 Å². The number of fused-ring (bicyclic) bond motifs is 1. The number of anilines is 1. The minimum absolute atomic E-state index is 0.0285. The second-order valence-electron chi connectivity index (χ2n) is 8.43. The molecular formula is C24H30N4OS. The Morgan fingerprint density at radius 1 is 1.27 bits per heavy atom. The first-order valence-electron chi connectivity index (χ1n) is 10.7. The number of likely N-dealkylation sites (tertiary alicyclic amines) is 1. The van der Waals surface area contributed by atoms with E-state index in [9.17, 15) is 4.79 Å². The molecule has 4 rings (SSSR count). The number of nitrogen functional groups attached to an aromatic ring is 1. The molecule has 1 fully saturated rings. The smallest absolute Gasteiger partial charge is 0.261 e. The minimum Gasteiger partial charge on any atom is -0.383 e. The van der Waals surface area contributed by atoms with Crippen LogP contribution < -0.4 is 11.1 Å². The van der Waals surface area contributed by atoms with Gasteiger partial charge in [-0.2, -0.15) is 0 Å². The zero-order valence-electron chi connectivity index (χ0n) is 17.8. The first-order valence-corrected chi connectivity index (χ1v) is 11.5. The molecule has 0 saturated carbocycles. The Balaban J connectivity index is 1.39. The number of piperidine rings is 1. The quantitative estimate of drug-likeness (QED) is 0.618. The number of carbonyl (C=O) groups is 1. The van der Waals surface area contributed by atoms with Gasteiger partial charge in [-0.1, -0.05) is 12.1 Å². The summed E-state index contributed by atoms with van der Waals surface area (Å²) < 4.78 is 0. The van der Waals surface area contributed by atoms with Crippen molar-refractivity contribution in [2.45, 2.75) is 39.2 Å². The molecule has 1 saturated heterocycles. The number of rotatable bonds is 6. The Labute approximate surface area is 182 Å². The Kier molecular flexibility index (Phi) is 6.35. The van der Waals surface area contributed by atoms with Crippen LogP contribution in [0.2, 0.25) is 0 Å². The van der Waals surface area contributed by atoms with Gasteiger partial charge in [-0.05, 0) is 93.4 Å². The second kappa shape index (κ2) is 9.14. The van der Waals surface area contributed by atoms with E-state index in [2.05, 4.69) is 41.3 Å². The molecular weight excluding hydrogens is 392 g/mol. The first-order chi connectivity index (χ1) is 14.5. The van der Waals surface area contributed by atoms with Crippen molar-refractivity contribution in [3.8, 4) is 0 Å². The molecule has 1 amide bonds. The van der Waals surface area contributed by atoms with Crippen LogP contribution in [0.15, 0.2) is 36.5 Å². The molecule has 158 valence electrons. The normalized spacial score (nSPS) is 15.5. The SMILES string of the molecule is Cc1cc(CCC2CCN(C)CC2)c(C(=O)NCc2ccc3c(N)nccc3c2)s1. The standard InChI is InChI=1S/C24H30N4OS/c1-16-13-20(5-3-17-8-11-28(2)12-9-17)22(30-16)24(29)27-15-18-4-6-21-19(14-18)7-10-26-23(21)25/h4,6-7,10,13-14,17H,3,5,8-9,11-12,15H2,1-2H3,(H2,25,26)(H,27,29). The highest BCUT2D eigenvalue weighted by molar-refractivity contribution is 7.14. The molecule has 0 radical (unpaired) electrons. The van der Waals surface area contributed by atoms with Gasteiger partial charge < -0.3 is 16.0 Å². The molecule has 0 atom stereocenters. The third-order valence-corrected chi connectivity index (χ3v) is 7.20. The Morgan fingerprint density at radius 2 is 2.07 bits per heavy atom. The lowest BCUT2D eigenvalue weighted by Gasteiger charge is -2.28. The summed E-state index contributed by atoms with van der Waals surface area (Å²) in [5.41, 5.74) is 8.19. The molecule has 5 nitrogen and oxygen atoms in total. The van der Waals surface area contributed by atoms with Crippen LogP contribution in [0.25, 0.3) is 10.8 Å². The number of hydrogen-bond donors (Lipinski definition) is 2. The highest BCUT2D eigenvalue weighted by Gasteiger charge is 2.19. The molecule has 1 aliphatic rings. The van der Waals surface area contributed by atoms with Crippen LogP contribution in [0.4, 0.5) is 5.82 Å². The van der Waals surface area contributed by atoms with E-state index < -0.39 is 0 Å². The van der Waals surface area contributed by atoms with Crippen LogP contribution >= 0.6 is 11.3 Å². The maximum atomic E-state index is 12.9. The molecule has 0 bridgehead atoms. The number of nitrogens with zero attached hydrogens (tertiary/aromatic N) is 2. The van der Waals surface area contributed by atoms with E-state index in [1.807, 2.05) is 18.2 Å². The summed E-state index contributed by atoms with van der Waals surface area (Å²) in [6, 6.07) is 10.2. The first kappa shape index (κ1) is 20.8. The molecule has 0 aliphatic carbocycles. The lowest BCUT2D eigenvalue weighted by Crippen LogP contribution is -2.30. The summed E-state index contributed by atoms with van der Waals surface area (Å²) in [5, 5.41) is 5.09. The van der Waals surface area contributed by atoms with Gasteiger partial charge in [0.25, 0.3) is 5.91 Å². The van der Waals surface area contributed by atoms with E-state index in [4.69, 9.17) is 5.73 Å². The van der Waals surface area contributed by atoms with Gasteiger partial charge >= 0.3 is 0 Å². The topological polar surface area (TPSA) is 71.2 Å². The monoisotopic (exact) mass is 422 g/mol. The largest absolute Gasteiger partial charge is 0.383 e. The van der Waals surface area contributed by atoms with Crippen LogP contribution in [0.3, 0.4) is 0 Å². The molecule has 0 spiro atoms. The number of pyridine rings is 1. The number of thiophene rings is 1. The van der Waals surface area contributed by atoms with Crippen LogP contribution in [-0.2, 0) is 13.0 Å². The fourth-order valence-electron chi connectivity index (χ4n) is 4.28. The van der Waals surface area contributed by atoms with Gasteiger partial charge in [-0.25, -0.2) is 4.98 Å². The summed E-state index contributed by atoms with van der Waals surface area (Å²) in [6.07, 6.45) is 6.41. The zero-order valence-corrected chi connectivity index (χ0v) is 18.6. The molecule has 6 heteroatoms. The number of amides is 1. The van der Waals surface area contributed by atoms with Gasteiger partial charge in [0, 0.05) is 23.0 Å². The summed E-state index contributed by atoms with van der Waals surface area (Å²) >= 11 is 1.60. The van der Waals surface area contributed by atoms with E-state index in [-0.39, 0.29) is 5.91 Å². The highest BCUT2D eigenvalue weighted by Crippen LogP contribution is 2.27. The van der Waals surface area contributed by atoms with Gasteiger partial charge in [0.15, 0.2) is 0 Å². The highest BCUT2D eigenvalue weighted by atomic mass is 32.1. The van der Waals surface area contributed by atoms with E-state index in [1.165, 1.54) is 42.8 Å². The maximum Gasteiger partial charge on any atom is 0.261 e. The summed E-state index contributed by atoms with van der Waals surface area (Å²) in [7, 11) is 2.20. The predicted molar refractivity (Wildman–Crippen MR) is 125 cm³/mol. The van der Waals surface area contributed by atoms with Crippen molar-refractivity contribution in [3.05, 3.63) is 57.4 Å². The van der Waals surface area contributed by atoms with Crippen molar-refractivity contribution < 1.29 is 4.79 Å². The minimum atomic E-state index is 0.0285. The Hall–Kier alpha value is -2.44. The number of nitrogens with one attached hydrogen (secondary N) is 1. The van der Waals surface area contributed by atoms with Crippen molar-refractivity contribution in [1.82, 2.24) is 15.2 Å². The average molecular weight is 423 g/mol. The molecule has 0 unspecified atom stereocenters. The van der Waals surface area contributed by atoms with E-state index in [0.29, 0.717) is 12.4 Å². The van der Waals surface area contributed by atoms with Crippen LogP contribution in [0.1, 0.15) is 44.9 Å². The summed E-state index contributed by atoms with van der Waals surface area (Å²) in [6.45, 7) is 4.97. The lowest BCUT2D eigenvalue weighted by molar-refractivity contribution is 0.0954. The van der Waals surface area contributed by atoms with Crippen molar-refractivity contribution >= 4 is 33.8 Å². The molecule has 1 aliphatic heterocycles. The molecule has 1 aromatic carbocycles. The average Bonchev–Trinajstić information content (AvgIpc) is 3.12. The number of carbonyl (C=O) groups excluding carboxylic acids is 1. The summed E-state index contributed by atoms with van der Waals surface area (Å²) in [4.78, 5) is 21.5. The number of hydrogen-bond acceptors (Lipinski definition) is 5. The van der Waals surface area contributed by atoms with Gasteiger partial charge in [-0.15, -0.1) is 11.3 Å². The fourth-order valence-corrected chi connectivity index (χ4v) is 5.26. The fraction of sp³-hybridized carbons (Fsp3) is 0.417. The Bertz CT molecular complexity index is 1040. The van der Waals surface area contributed by atoms with Gasteiger partial charge in [0.05, 0.1) is 4.88 Å². The molecule has 3 N–H and O–H groups in total. The number of aryl methyl sites for hydroxylation is 2. The van der Waals surface area contributed by atoms with Crippen molar-refractivity contribution in [1.29, 1.82) is 0 Å². The Morgan fingerprint density at radius 3 is 2.87 bits per heavy atom. The van der Waals surface area contributed by atoms with Crippen LogP contribution in [0, 0.1) is 12.8 Å². The number of benzene rings is 1. The van der Waals surface area contributed by atoms with Crippen molar-refractivity contribution in [2.75, 3.05) is 25.9 Å². The second-order valence-corrected chi connectivity index (χ2v) is 9.69. The maximum absolute atomic E-state index is 12.9. The predicted octanol–water partition coefficient (Wildman–Crippen LogP) is 4.39. The summed E-state index contributed by atoms with van der Waals surface area (Å²) in [5.74, 6) is 1.34. The lowest BCUT2D eigenvalue weighted by atomic mass is 9.91. The van der Waals surface area contributed by atoms with Crippen molar-refractivity contribution in [2.24, 2.45) is 5.92 Å². The number of nitrogens with two attached hydrogens (primary N) is 1. The van der Waals surface area contributed by atoms with E-state index >= 15 is 0 Å². The van der Waals surface area contributed by atoms with Gasteiger partial charge in [-0.3, -0.25) is 4.79 Å². The molecule has 3 aromatic rings. The van der Waals surface area contributed by atoms with E-state index in [1.54, 1.807) is 17.5 Å². The van der Waals surface area contributed by atoms with Gasteiger partial charge in [0.2, 0.25) is 0 Å². The molecule has 3 heterocycles. The van der Waals surface area contributed by atoms with Crippen molar-refractivity contribution in [3.63, 3.8) is 0 Å². The van der Waals surface area contributed by atoms with Crippen LogP contribution in [0.5, 0.6) is 0 Å². The number of aromatic nitrogens is 1. The zero-order chi connectivity index (χ0) is 21.1. The third-order valence-electron chi connectivity index (χ3n) is 6.11. The molecule has 2 aromatic heterocycles. The third kappa shape index (κ3) is 4.82. The molecule has 30 heavy (non-hydrogen) atoms.